The number of likely N-dealkylation sites (tertiary alicyclic amines) is 2. The zero-order valence-electron chi connectivity index (χ0n) is 19.1. The Bertz CT molecular complexity index is 1190. The van der Waals surface area contributed by atoms with E-state index in [-0.39, 0.29) is 17.7 Å². The molecule has 5 rings (SSSR count). The van der Waals surface area contributed by atoms with Gasteiger partial charge in [0.2, 0.25) is 17.7 Å². The average molecular weight is 495 g/mol. The van der Waals surface area contributed by atoms with Gasteiger partial charge in [-0.1, -0.05) is 5.57 Å². The zero-order valence-corrected chi connectivity index (χ0v) is 20.0. The van der Waals surface area contributed by atoms with Crippen LogP contribution in [0, 0.1) is 0 Å². The highest BCUT2D eigenvalue weighted by atomic mass is 32.1. The van der Waals surface area contributed by atoms with Gasteiger partial charge in [-0.25, -0.2) is 9.97 Å². The number of carbonyl (C=O) groups excluding carboxylic acids is 3. The first-order valence-electron chi connectivity index (χ1n) is 11.6. The van der Waals surface area contributed by atoms with Crippen molar-refractivity contribution in [3.63, 3.8) is 0 Å². The minimum absolute atomic E-state index is 0.0592. The van der Waals surface area contributed by atoms with Gasteiger partial charge in [-0.2, -0.15) is 4.37 Å². The van der Waals surface area contributed by atoms with Gasteiger partial charge in [0.15, 0.2) is 5.82 Å². The molecule has 0 atom stereocenters. The van der Waals surface area contributed by atoms with Crippen molar-refractivity contribution in [2.24, 2.45) is 0 Å². The van der Waals surface area contributed by atoms with Crippen LogP contribution in [0.4, 0.5) is 5.82 Å². The summed E-state index contributed by atoms with van der Waals surface area (Å²) in [5.41, 5.74) is 3.75. The molecular weight excluding hydrogens is 468 g/mol. The van der Waals surface area contributed by atoms with E-state index in [1.165, 1.54) is 17.1 Å². The van der Waals surface area contributed by atoms with Crippen LogP contribution >= 0.6 is 11.5 Å². The SMILES string of the molecule is O=C(/C=C/c1cnc2c(c1)C1(CCN(C(=O)CO)CC1)C(=O)N2)N1CCC(=Cc2ncsn2)CC1. The third-order valence-corrected chi connectivity index (χ3v) is 7.54. The van der Waals surface area contributed by atoms with Crippen molar-refractivity contribution in [1.29, 1.82) is 0 Å². The van der Waals surface area contributed by atoms with Gasteiger partial charge in [0.25, 0.3) is 0 Å². The molecule has 3 aliphatic heterocycles. The van der Waals surface area contributed by atoms with Crippen LogP contribution in [0.3, 0.4) is 0 Å². The van der Waals surface area contributed by atoms with Gasteiger partial charge in [0.05, 0.1) is 5.41 Å². The second kappa shape index (κ2) is 9.67. The summed E-state index contributed by atoms with van der Waals surface area (Å²) < 4.78 is 4.21. The summed E-state index contributed by atoms with van der Waals surface area (Å²) in [7, 11) is 0. The summed E-state index contributed by atoms with van der Waals surface area (Å²) in [6.45, 7) is 1.56. The fourth-order valence-electron chi connectivity index (χ4n) is 4.98. The van der Waals surface area contributed by atoms with E-state index in [9.17, 15) is 14.4 Å². The Labute approximate surface area is 206 Å². The Kier molecular flexibility index (Phi) is 6.44. The number of fused-ring (bicyclic) bond motifs is 2. The third-order valence-electron chi connectivity index (χ3n) is 7.04. The minimum atomic E-state index is -0.746. The Morgan fingerprint density at radius 3 is 2.60 bits per heavy atom. The number of rotatable bonds is 4. The van der Waals surface area contributed by atoms with Crippen molar-refractivity contribution in [2.75, 3.05) is 38.1 Å². The molecule has 0 bridgehead atoms. The van der Waals surface area contributed by atoms with E-state index in [2.05, 4.69) is 19.7 Å². The Morgan fingerprint density at radius 1 is 1.14 bits per heavy atom. The molecule has 0 saturated carbocycles. The molecule has 0 unspecified atom stereocenters. The second-order valence-corrected chi connectivity index (χ2v) is 9.59. The molecule has 0 aromatic carbocycles. The molecule has 0 radical (unpaired) electrons. The van der Waals surface area contributed by atoms with Crippen LogP contribution in [-0.4, -0.2) is 79.8 Å². The number of anilines is 1. The molecule has 3 amide bonds. The van der Waals surface area contributed by atoms with E-state index in [0.29, 0.717) is 44.8 Å². The highest BCUT2D eigenvalue weighted by Crippen LogP contribution is 2.44. The van der Waals surface area contributed by atoms with Gasteiger partial charge in [-0.15, -0.1) is 0 Å². The fourth-order valence-corrected chi connectivity index (χ4v) is 5.39. The Hall–Kier alpha value is -3.44. The first-order chi connectivity index (χ1) is 17.0. The number of hydrogen-bond acceptors (Lipinski definition) is 8. The largest absolute Gasteiger partial charge is 0.387 e. The van der Waals surface area contributed by atoms with Crippen molar-refractivity contribution < 1.29 is 19.5 Å². The van der Waals surface area contributed by atoms with E-state index in [1.807, 2.05) is 17.0 Å². The van der Waals surface area contributed by atoms with E-state index >= 15 is 0 Å². The van der Waals surface area contributed by atoms with Gasteiger partial charge < -0.3 is 20.2 Å². The predicted molar refractivity (Wildman–Crippen MR) is 130 cm³/mol. The molecule has 2 aromatic heterocycles. The summed E-state index contributed by atoms with van der Waals surface area (Å²) in [6, 6.07) is 1.91. The minimum Gasteiger partial charge on any atom is -0.387 e. The number of aliphatic hydroxyl groups excluding tert-OH is 1. The Morgan fingerprint density at radius 2 is 1.91 bits per heavy atom. The number of aromatic nitrogens is 3. The third kappa shape index (κ3) is 4.61. The van der Waals surface area contributed by atoms with Crippen molar-refractivity contribution in [3.05, 3.63) is 46.4 Å². The molecule has 0 aliphatic carbocycles. The van der Waals surface area contributed by atoms with Gasteiger partial charge in [-0.05, 0) is 61.0 Å². The fraction of sp³-hybridized carbons (Fsp3) is 0.417. The lowest BCUT2D eigenvalue weighted by molar-refractivity contribution is -0.137. The molecule has 11 heteroatoms. The average Bonchev–Trinajstić information content (AvgIpc) is 3.49. The number of amides is 3. The van der Waals surface area contributed by atoms with Crippen LogP contribution in [0.25, 0.3) is 12.2 Å². The molecule has 10 nitrogen and oxygen atoms in total. The van der Waals surface area contributed by atoms with Gasteiger partial charge in [0, 0.05) is 44.0 Å². The summed E-state index contributed by atoms with van der Waals surface area (Å²) >= 11 is 1.32. The van der Waals surface area contributed by atoms with Crippen LogP contribution in [0.2, 0.25) is 0 Å². The highest BCUT2D eigenvalue weighted by Gasteiger charge is 2.49. The Balaban J connectivity index is 1.24. The van der Waals surface area contributed by atoms with Crippen molar-refractivity contribution >= 4 is 47.2 Å². The van der Waals surface area contributed by atoms with E-state index in [1.54, 1.807) is 28.8 Å². The lowest BCUT2D eigenvalue weighted by atomic mass is 9.74. The van der Waals surface area contributed by atoms with E-state index < -0.39 is 12.0 Å². The molecule has 182 valence electrons. The van der Waals surface area contributed by atoms with Gasteiger partial charge >= 0.3 is 0 Å². The van der Waals surface area contributed by atoms with E-state index in [4.69, 9.17) is 5.11 Å². The summed E-state index contributed by atoms with van der Waals surface area (Å²) in [5, 5.41) is 12.0. The van der Waals surface area contributed by atoms with Crippen molar-refractivity contribution in [2.45, 2.75) is 31.1 Å². The van der Waals surface area contributed by atoms with Crippen LogP contribution in [0.5, 0.6) is 0 Å². The monoisotopic (exact) mass is 494 g/mol. The van der Waals surface area contributed by atoms with Crippen LogP contribution in [-0.2, 0) is 19.8 Å². The van der Waals surface area contributed by atoms with Crippen molar-refractivity contribution in [3.8, 4) is 0 Å². The quantitative estimate of drug-likeness (QED) is 0.616. The molecule has 2 saturated heterocycles. The van der Waals surface area contributed by atoms with Crippen molar-refractivity contribution in [1.82, 2.24) is 24.1 Å². The van der Waals surface area contributed by atoms with Gasteiger partial charge in [-0.3, -0.25) is 14.4 Å². The summed E-state index contributed by atoms with van der Waals surface area (Å²) in [5.74, 6) is 0.761. The number of nitrogens with one attached hydrogen (secondary N) is 1. The first-order valence-corrected chi connectivity index (χ1v) is 12.5. The maximum absolute atomic E-state index is 12.9. The number of aliphatic hydroxyl groups is 1. The molecule has 35 heavy (non-hydrogen) atoms. The lowest BCUT2D eigenvalue weighted by Crippen LogP contribution is -2.49. The lowest BCUT2D eigenvalue weighted by Gasteiger charge is -2.37. The first kappa shape index (κ1) is 23.3. The smallest absolute Gasteiger partial charge is 0.248 e. The molecule has 1 spiro atoms. The number of nitrogens with zero attached hydrogens (tertiary/aromatic N) is 5. The molecule has 2 aromatic rings. The molecule has 3 aliphatic rings. The van der Waals surface area contributed by atoms with Crippen LogP contribution in [0.1, 0.15) is 42.6 Å². The predicted octanol–water partition coefficient (Wildman–Crippen LogP) is 1.46. The highest BCUT2D eigenvalue weighted by molar-refractivity contribution is 7.03. The maximum Gasteiger partial charge on any atom is 0.248 e. The summed E-state index contributed by atoms with van der Waals surface area (Å²) in [4.78, 5) is 49.5. The van der Waals surface area contributed by atoms with E-state index in [0.717, 1.165) is 29.8 Å². The number of piperidine rings is 2. The molecule has 2 N–H and O–H groups in total. The second-order valence-electron chi connectivity index (χ2n) is 8.99. The molecule has 2 fully saturated rings. The van der Waals surface area contributed by atoms with Gasteiger partial charge in [0.1, 0.15) is 17.9 Å². The summed E-state index contributed by atoms with van der Waals surface area (Å²) in [6.07, 6.45) is 9.46. The number of hydrogen-bond donors (Lipinski definition) is 2. The standard InChI is InChI=1S/C24H26N6O4S/c31-14-21(33)30-9-5-24(6-10-30)18-11-17(13-25-22(18)27-23(24)34)1-2-20(32)29-7-3-16(4-8-29)12-19-26-15-35-28-19/h1-2,11-13,15,31H,3-10,14H2,(H,25,27,34)/b2-1+. The number of carbonyl (C=O) groups is 3. The van der Waals surface area contributed by atoms with Crippen LogP contribution < -0.4 is 5.32 Å². The van der Waals surface area contributed by atoms with Crippen LogP contribution in [0.15, 0.2) is 29.4 Å². The molecular formula is C24H26N6O4S. The number of pyridine rings is 1. The zero-order chi connectivity index (χ0) is 24.4. The normalized spacial score (nSPS) is 19.2. The maximum atomic E-state index is 12.9. The molecule has 5 heterocycles. The topological polar surface area (TPSA) is 129 Å².